The summed E-state index contributed by atoms with van der Waals surface area (Å²) in [5.74, 6) is 0.878. The van der Waals surface area contributed by atoms with Crippen LogP contribution in [0, 0.1) is 6.92 Å². The van der Waals surface area contributed by atoms with Crippen molar-refractivity contribution in [2.45, 2.75) is 70.5 Å². The van der Waals surface area contributed by atoms with Crippen molar-refractivity contribution in [1.29, 1.82) is 0 Å². The zero-order chi connectivity index (χ0) is 26.1. The molecule has 2 aromatic heterocycles. The van der Waals surface area contributed by atoms with Crippen LogP contribution in [0.15, 0.2) is 42.0 Å². The van der Waals surface area contributed by atoms with E-state index in [4.69, 9.17) is 0 Å². The highest BCUT2D eigenvalue weighted by Crippen LogP contribution is 2.37. The van der Waals surface area contributed by atoms with Gasteiger partial charge < -0.3 is 5.32 Å². The van der Waals surface area contributed by atoms with Crippen molar-refractivity contribution in [3.05, 3.63) is 70.5 Å². The molecule has 1 amide bonds. The SMILES string of the molecule is CCc1cc(C2(C)CCc3nc(NC(=O)CC4=CCC(S(=O)(=O)CC)C=C4)ccc3C2=O)nc(C)n1. The number of hydrogen-bond donors (Lipinski definition) is 1. The number of carbonyl (C=O) groups excluding carboxylic acids is 2. The predicted molar refractivity (Wildman–Crippen MR) is 139 cm³/mol. The Hall–Kier alpha value is -3.20. The molecule has 4 rings (SSSR count). The Balaban J connectivity index is 1.45. The van der Waals surface area contributed by atoms with Gasteiger partial charge in [0.25, 0.3) is 0 Å². The average molecular weight is 509 g/mol. The zero-order valence-corrected chi connectivity index (χ0v) is 22.0. The Morgan fingerprint density at radius 1 is 1.19 bits per heavy atom. The van der Waals surface area contributed by atoms with Crippen LogP contribution in [0.5, 0.6) is 0 Å². The molecular formula is C27H32N4O4S. The fourth-order valence-corrected chi connectivity index (χ4v) is 5.85. The van der Waals surface area contributed by atoms with Crippen LogP contribution in [0.1, 0.15) is 73.3 Å². The fraction of sp³-hybridized carbons (Fsp3) is 0.444. The number of ketones is 1. The standard InChI is InChI=1S/C27H32N4O4S/c1-5-19-16-23(29-17(3)28-19)27(4)14-13-22-21(26(27)33)11-12-24(30-22)31-25(32)15-18-7-9-20(10-8-18)36(34,35)6-2/h7-9,11-12,16,20H,5-6,10,13-15H2,1-4H3,(H,30,31,32). The highest BCUT2D eigenvalue weighted by Gasteiger charge is 2.42. The lowest BCUT2D eigenvalue weighted by molar-refractivity contribution is -0.115. The van der Waals surface area contributed by atoms with Gasteiger partial charge in [0.1, 0.15) is 11.6 Å². The Bertz CT molecular complexity index is 1380. The van der Waals surface area contributed by atoms with E-state index >= 15 is 0 Å². The van der Waals surface area contributed by atoms with Gasteiger partial charge in [0.2, 0.25) is 5.91 Å². The third-order valence-corrected chi connectivity index (χ3v) is 9.11. The van der Waals surface area contributed by atoms with Gasteiger partial charge in [-0.15, -0.1) is 0 Å². The molecular weight excluding hydrogens is 476 g/mol. The van der Waals surface area contributed by atoms with Gasteiger partial charge in [-0.3, -0.25) is 9.59 Å². The van der Waals surface area contributed by atoms with E-state index in [1.54, 1.807) is 37.3 Å². The monoisotopic (exact) mass is 508 g/mol. The molecule has 0 fully saturated rings. The number of anilines is 1. The van der Waals surface area contributed by atoms with Crippen LogP contribution in [0.3, 0.4) is 0 Å². The molecule has 2 aliphatic rings. The minimum atomic E-state index is -3.14. The fourth-order valence-electron chi connectivity index (χ4n) is 4.71. The molecule has 0 spiro atoms. The normalized spacial score (nSPS) is 21.6. The van der Waals surface area contributed by atoms with Crippen molar-refractivity contribution < 1.29 is 18.0 Å². The molecule has 8 nitrogen and oxygen atoms in total. The van der Waals surface area contributed by atoms with Crippen molar-refractivity contribution in [3.63, 3.8) is 0 Å². The highest BCUT2D eigenvalue weighted by atomic mass is 32.2. The summed E-state index contributed by atoms with van der Waals surface area (Å²) in [6.45, 7) is 7.43. The predicted octanol–water partition coefficient (Wildman–Crippen LogP) is 3.85. The second kappa shape index (κ2) is 10.0. The number of rotatable bonds is 7. The summed E-state index contributed by atoms with van der Waals surface area (Å²) >= 11 is 0. The number of nitrogens with one attached hydrogen (secondary N) is 1. The van der Waals surface area contributed by atoms with E-state index in [-0.39, 0.29) is 23.9 Å². The lowest BCUT2D eigenvalue weighted by Gasteiger charge is -2.32. The number of hydrogen-bond acceptors (Lipinski definition) is 7. The number of Topliss-reactive ketones (excluding diaryl/α,β-unsaturated/α-hetero) is 1. The molecule has 190 valence electrons. The molecule has 2 aliphatic carbocycles. The van der Waals surface area contributed by atoms with Gasteiger partial charge in [-0.05, 0) is 63.3 Å². The maximum Gasteiger partial charge on any atom is 0.229 e. The van der Waals surface area contributed by atoms with Gasteiger partial charge >= 0.3 is 0 Å². The van der Waals surface area contributed by atoms with Crippen LogP contribution in [0.25, 0.3) is 0 Å². The quantitative estimate of drug-likeness (QED) is 0.603. The first-order valence-corrected chi connectivity index (χ1v) is 14.1. The summed E-state index contributed by atoms with van der Waals surface area (Å²) in [4.78, 5) is 39.7. The van der Waals surface area contributed by atoms with Crippen LogP contribution in [0.2, 0.25) is 0 Å². The van der Waals surface area contributed by atoms with E-state index in [1.165, 1.54) is 0 Å². The molecule has 2 atom stereocenters. The number of aromatic nitrogens is 3. The summed E-state index contributed by atoms with van der Waals surface area (Å²) in [6, 6.07) is 5.30. The Morgan fingerprint density at radius 2 is 1.97 bits per heavy atom. The lowest BCUT2D eigenvalue weighted by atomic mass is 9.71. The first-order valence-electron chi connectivity index (χ1n) is 12.3. The number of nitrogens with zero attached hydrogens (tertiary/aromatic N) is 3. The van der Waals surface area contributed by atoms with Crippen molar-refractivity contribution >= 4 is 27.3 Å². The van der Waals surface area contributed by atoms with E-state index in [0.29, 0.717) is 42.2 Å². The van der Waals surface area contributed by atoms with E-state index in [2.05, 4.69) is 20.3 Å². The minimum absolute atomic E-state index is 0.0247. The molecule has 2 unspecified atom stereocenters. The smallest absolute Gasteiger partial charge is 0.229 e. The van der Waals surface area contributed by atoms with Crippen LogP contribution in [-0.2, 0) is 32.9 Å². The van der Waals surface area contributed by atoms with Crippen molar-refractivity contribution in [1.82, 2.24) is 15.0 Å². The number of aryl methyl sites for hydroxylation is 3. The van der Waals surface area contributed by atoms with Crippen LogP contribution in [-0.4, -0.2) is 46.1 Å². The summed E-state index contributed by atoms with van der Waals surface area (Å²) in [5.41, 5.74) is 2.89. The van der Waals surface area contributed by atoms with Crippen molar-refractivity contribution in [3.8, 4) is 0 Å². The van der Waals surface area contributed by atoms with Crippen molar-refractivity contribution in [2.75, 3.05) is 11.1 Å². The van der Waals surface area contributed by atoms with E-state index in [9.17, 15) is 18.0 Å². The molecule has 0 radical (unpaired) electrons. The zero-order valence-electron chi connectivity index (χ0n) is 21.2. The van der Waals surface area contributed by atoms with Gasteiger partial charge in [0.05, 0.1) is 28.5 Å². The van der Waals surface area contributed by atoms with Gasteiger partial charge in [0, 0.05) is 17.0 Å². The largest absolute Gasteiger partial charge is 0.310 e. The topological polar surface area (TPSA) is 119 Å². The minimum Gasteiger partial charge on any atom is -0.310 e. The molecule has 1 N–H and O–H groups in total. The van der Waals surface area contributed by atoms with E-state index < -0.39 is 20.5 Å². The maximum absolute atomic E-state index is 13.5. The van der Waals surface area contributed by atoms with Crippen LogP contribution in [0.4, 0.5) is 5.82 Å². The summed E-state index contributed by atoms with van der Waals surface area (Å²) in [5, 5.41) is 2.28. The van der Waals surface area contributed by atoms with Gasteiger partial charge in [-0.2, -0.15) is 0 Å². The summed E-state index contributed by atoms with van der Waals surface area (Å²) < 4.78 is 24.1. The number of carbonyl (C=O) groups is 2. The molecule has 0 aromatic carbocycles. The molecule has 0 saturated carbocycles. The summed E-state index contributed by atoms with van der Waals surface area (Å²) in [7, 11) is -3.14. The van der Waals surface area contributed by atoms with Gasteiger partial charge in [-0.1, -0.05) is 32.1 Å². The first-order chi connectivity index (χ1) is 17.1. The number of allylic oxidation sites excluding steroid dienone is 2. The van der Waals surface area contributed by atoms with Gasteiger partial charge in [0.15, 0.2) is 15.6 Å². The first kappa shape index (κ1) is 25.9. The maximum atomic E-state index is 13.5. The Kier molecular flexibility index (Phi) is 7.22. The molecule has 2 aromatic rings. The number of fused-ring (bicyclic) bond motifs is 1. The van der Waals surface area contributed by atoms with Crippen LogP contribution < -0.4 is 5.32 Å². The number of amides is 1. The Labute approximate surface area is 212 Å². The molecule has 0 bridgehead atoms. The molecule has 2 heterocycles. The highest BCUT2D eigenvalue weighted by molar-refractivity contribution is 7.92. The van der Waals surface area contributed by atoms with Crippen LogP contribution >= 0.6 is 0 Å². The molecule has 9 heteroatoms. The molecule has 0 aliphatic heterocycles. The van der Waals surface area contributed by atoms with E-state index in [0.717, 1.165) is 23.4 Å². The Morgan fingerprint density at radius 3 is 2.64 bits per heavy atom. The second-order valence-electron chi connectivity index (χ2n) is 9.59. The second-order valence-corrected chi connectivity index (χ2v) is 12.1. The molecule has 36 heavy (non-hydrogen) atoms. The van der Waals surface area contributed by atoms with Gasteiger partial charge in [-0.25, -0.2) is 23.4 Å². The number of sulfone groups is 1. The third kappa shape index (κ3) is 5.16. The number of pyridine rings is 1. The lowest BCUT2D eigenvalue weighted by Crippen LogP contribution is -2.39. The van der Waals surface area contributed by atoms with Crippen molar-refractivity contribution in [2.24, 2.45) is 0 Å². The third-order valence-electron chi connectivity index (χ3n) is 7.03. The van der Waals surface area contributed by atoms with E-state index in [1.807, 2.05) is 26.8 Å². The average Bonchev–Trinajstić information content (AvgIpc) is 2.86. The summed E-state index contributed by atoms with van der Waals surface area (Å²) in [6.07, 6.45) is 7.60. The molecule has 0 saturated heterocycles.